The first-order valence-electron chi connectivity index (χ1n) is 13.5. The highest BCUT2D eigenvalue weighted by Gasteiger charge is 2.23. The number of hydrogen-bond donors (Lipinski definition) is 3. The van der Waals surface area contributed by atoms with Crippen LogP contribution in [0.3, 0.4) is 0 Å². The normalized spacial score (nSPS) is 14.8. The molecule has 1 aliphatic rings. The van der Waals surface area contributed by atoms with Crippen LogP contribution in [0.25, 0.3) is 17.0 Å². The van der Waals surface area contributed by atoms with E-state index in [1.165, 1.54) is 28.3 Å². The molecule has 0 spiro atoms. The van der Waals surface area contributed by atoms with E-state index in [1.807, 2.05) is 12.1 Å². The van der Waals surface area contributed by atoms with Crippen molar-refractivity contribution in [2.75, 3.05) is 13.1 Å². The Morgan fingerprint density at radius 1 is 1.02 bits per heavy atom. The van der Waals surface area contributed by atoms with Gasteiger partial charge in [0.15, 0.2) is 11.4 Å². The first-order chi connectivity index (χ1) is 19.3. The van der Waals surface area contributed by atoms with Gasteiger partial charge in [0, 0.05) is 0 Å². The van der Waals surface area contributed by atoms with Gasteiger partial charge in [0.05, 0.1) is 30.0 Å². The molecule has 5 rings (SSSR count). The number of amides is 1. The number of para-hydroxylation sites is 1. The zero-order valence-electron chi connectivity index (χ0n) is 22.7. The van der Waals surface area contributed by atoms with E-state index in [-0.39, 0.29) is 52.3 Å². The molecular weight excluding hydrogens is 512 g/mol. The Kier molecular flexibility index (Phi) is 7.90. The number of nitrogens with zero attached hydrogens (tertiary/aromatic N) is 3. The number of carbonyl (C=O) groups is 1. The van der Waals surface area contributed by atoms with Crippen molar-refractivity contribution in [2.45, 2.75) is 46.5 Å². The average Bonchev–Trinajstić information content (AvgIpc) is 3.58. The number of aryl methyl sites for hydroxylation is 3. The molecule has 0 bridgehead atoms. The molecule has 40 heavy (non-hydrogen) atoms. The van der Waals surface area contributed by atoms with Crippen LogP contribution in [0.5, 0.6) is 0 Å². The fraction of sp³-hybridized carbons (Fsp3) is 0.310. The predicted molar refractivity (Wildman–Crippen MR) is 150 cm³/mol. The number of aromatic amines is 1. The van der Waals surface area contributed by atoms with Gasteiger partial charge < -0.3 is 25.0 Å². The molecule has 0 fully saturated rings. The number of hydroxylamine groups is 3. The van der Waals surface area contributed by atoms with Gasteiger partial charge in [-0.15, -0.1) is 10.2 Å². The Morgan fingerprint density at radius 2 is 1.80 bits per heavy atom. The van der Waals surface area contributed by atoms with Crippen LogP contribution in [0.1, 0.15) is 54.1 Å². The molecule has 0 radical (unpaired) electrons. The summed E-state index contributed by atoms with van der Waals surface area (Å²) in [6, 6.07) is 14.0. The van der Waals surface area contributed by atoms with Gasteiger partial charge in [-0.1, -0.05) is 12.1 Å². The van der Waals surface area contributed by atoms with E-state index in [2.05, 4.69) is 21.4 Å². The van der Waals surface area contributed by atoms with Crippen LogP contribution >= 0.6 is 0 Å². The maximum Gasteiger partial charge on any atom is 0.379 e. The lowest BCUT2D eigenvalue weighted by Gasteiger charge is -2.23. The first kappa shape index (κ1) is 27.4. The molecule has 1 aliphatic carbocycles. The minimum absolute atomic E-state index is 0.0665. The molecule has 2 unspecified atom stereocenters. The van der Waals surface area contributed by atoms with E-state index in [0.29, 0.717) is 11.3 Å². The highest BCUT2D eigenvalue weighted by atomic mass is 16.5. The first-order valence-corrected chi connectivity index (χ1v) is 13.5. The Bertz CT molecular complexity index is 1630. The lowest BCUT2D eigenvalue weighted by molar-refractivity contribution is -0.772. The van der Waals surface area contributed by atoms with Crippen molar-refractivity contribution in [1.29, 1.82) is 0 Å². The third-order valence-electron chi connectivity index (χ3n) is 7.20. The number of azo groups is 1. The summed E-state index contributed by atoms with van der Waals surface area (Å²) in [7, 11) is 0. The fourth-order valence-electron chi connectivity index (χ4n) is 5.00. The summed E-state index contributed by atoms with van der Waals surface area (Å²) < 4.78 is 7.15. The monoisotopic (exact) mass is 544 g/mol. The van der Waals surface area contributed by atoms with Crippen molar-refractivity contribution >= 4 is 23.0 Å². The molecule has 11 nitrogen and oxygen atoms in total. The number of fused-ring (bicyclic) bond motifs is 1. The summed E-state index contributed by atoms with van der Waals surface area (Å²) in [6.07, 6.45) is 4.37. The highest BCUT2D eigenvalue weighted by Crippen LogP contribution is 2.35. The summed E-state index contributed by atoms with van der Waals surface area (Å²) in [6.45, 7) is 5.33. The largest absolute Gasteiger partial charge is 0.629 e. The minimum Gasteiger partial charge on any atom is -0.629 e. The van der Waals surface area contributed by atoms with Crippen LogP contribution in [0.2, 0.25) is 0 Å². The Morgan fingerprint density at radius 3 is 2.55 bits per heavy atom. The third-order valence-corrected chi connectivity index (χ3v) is 7.20. The molecule has 208 valence electrons. The SMILES string of the molecule is CC[NH+]([O-])C(=O)c1ccc(-c2cccc(N=Nc3c(C)[nH]n(-c4ccc5c(c4)CCCC5)c3=O)c2[NH+]([O-])CC)o1. The number of hydrogen-bond acceptors (Lipinski definition) is 7. The lowest BCUT2D eigenvalue weighted by atomic mass is 9.91. The van der Waals surface area contributed by atoms with Crippen LogP contribution < -0.4 is 15.7 Å². The molecule has 4 aromatic rings. The molecule has 2 atom stereocenters. The van der Waals surface area contributed by atoms with Gasteiger partial charge in [0.1, 0.15) is 11.4 Å². The second kappa shape index (κ2) is 11.5. The lowest BCUT2D eigenvalue weighted by Crippen LogP contribution is -3.09. The number of aromatic nitrogens is 2. The maximum atomic E-state index is 13.3. The second-order valence-electron chi connectivity index (χ2n) is 9.83. The number of benzene rings is 2. The number of furan rings is 1. The summed E-state index contributed by atoms with van der Waals surface area (Å²) >= 11 is 0. The summed E-state index contributed by atoms with van der Waals surface area (Å²) in [5.41, 5.74) is 4.60. The molecule has 2 heterocycles. The van der Waals surface area contributed by atoms with E-state index in [0.717, 1.165) is 24.9 Å². The predicted octanol–water partition coefficient (Wildman–Crippen LogP) is 3.61. The average molecular weight is 545 g/mol. The van der Waals surface area contributed by atoms with Crippen LogP contribution in [0, 0.1) is 17.3 Å². The zero-order chi connectivity index (χ0) is 28.4. The second-order valence-corrected chi connectivity index (χ2v) is 9.83. The van der Waals surface area contributed by atoms with Crippen molar-refractivity contribution in [3.8, 4) is 17.0 Å². The van der Waals surface area contributed by atoms with E-state index in [9.17, 15) is 20.0 Å². The number of nitrogens with one attached hydrogen (secondary N) is 3. The fourth-order valence-corrected chi connectivity index (χ4v) is 5.00. The number of carbonyl (C=O) groups excluding carboxylic acids is 1. The number of H-pyrrole nitrogens is 1. The van der Waals surface area contributed by atoms with Crippen molar-refractivity contribution < 1.29 is 19.3 Å². The van der Waals surface area contributed by atoms with E-state index in [4.69, 9.17) is 4.42 Å². The third kappa shape index (κ3) is 5.19. The Balaban J connectivity index is 1.51. The standard InChI is InChI=1S/C29H32N6O5/c1-4-33(38)27-22(24-15-16-25(40-24)28(36)34(39)5-2)11-8-12-23(27)30-31-26-18(3)32-35(29(26)37)21-14-13-19-9-6-7-10-20(19)17-21/h8,11-17,32-34H,4-7,9-10H2,1-3H3. The topological polar surface area (TPSA) is 148 Å². The van der Waals surface area contributed by atoms with Crippen LogP contribution in [0.4, 0.5) is 17.1 Å². The van der Waals surface area contributed by atoms with Gasteiger partial charge in [0.25, 0.3) is 5.56 Å². The molecule has 0 saturated carbocycles. The minimum atomic E-state index is -0.717. The molecule has 1 amide bonds. The maximum absolute atomic E-state index is 13.3. The molecule has 11 heteroatoms. The van der Waals surface area contributed by atoms with Crippen LogP contribution in [-0.4, -0.2) is 28.8 Å². The van der Waals surface area contributed by atoms with E-state index >= 15 is 0 Å². The van der Waals surface area contributed by atoms with Crippen LogP contribution in [0.15, 0.2) is 68.0 Å². The van der Waals surface area contributed by atoms with Gasteiger partial charge in [-0.3, -0.25) is 9.89 Å². The van der Waals surface area contributed by atoms with Gasteiger partial charge in [-0.2, -0.15) is 0 Å². The molecule has 3 N–H and O–H groups in total. The highest BCUT2D eigenvalue weighted by molar-refractivity contribution is 5.86. The smallest absolute Gasteiger partial charge is 0.379 e. The van der Waals surface area contributed by atoms with Crippen molar-refractivity contribution in [3.05, 3.63) is 91.9 Å². The molecule has 2 aromatic carbocycles. The molecular formula is C29H32N6O5. The van der Waals surface area contributed by atoms with Crippen molar-refractivity contribution in [3.63, 3.8) is 0 Å². The molecule has 0 aliphatic heterocycles. The van der Waals surface area contributed by atoms with E-state index in [1.54, 1.807) is 45.0 Å². The zero-order valence-corrected chi connectivity index (χ0v) is 22.7. The van der Waals surface area contributed by atoms with Gasteiger partial charge in [-0.25, -0.2) is 9.48 Å². The van der Waals surface area contributed by atoms with Crippen molar-refractivity contribution in [1.82, 2.24) is 9.78 Å². The van der Waals surface area contributed by atoms with Gasteiger partial charge >= 0.3 is 5.91 Å². The number of rotatable bonds is 8. The van der Waals surface area contributed by atoms with Gasteiger partial charge in [0.2, 0.25) is 5.76 Å². The quantitative estimate of drug-likeness (QED) is 0.229. The summed E-state index contributed by atoms with van der Waals surface area (Å²) in [5.74, 6) is -0.547. The Labute approximate surface area is 230 Å². The van der Waals surface area contributed by atoms with Crippen molar-refractivity contribution in [2.24, 2.45) is 10.2 Å². The van der Waals surface area contributed by atoms with E-state index < -0.39 is 11.0 Å². The summed E-state index contributed by atoms with van der Waals surface area (Å²) in [4.78, 5) is 25.6. The molecule has 0 saturated heterocycles. The summed E-state index contributed by atoms with van der Waals surface area (Å²) in [5, 5.41) is 35.8. The molecule has 2 aromatic heterocycles. The van der Waals surface area contributed by atoms with Crippen LogP contribution in [-0.2, 0) is 12.8 Å². The van der Waals surface area contributed by atoms with Gasteiger partial charge in [-0.05, 0) is 94.0 Å². The number of quaternary nitrogens is 2. The Hall–Kier alpha value is -4.16.